The molecule has 1 aromatic carbocycles. The number of rotatable bonds is 3. The summed E-state index contributed by atoms with van der Waals surface area (Å²) in [5.74, 6) is 0. The van der Waals surface area contributed by atoms with E-state index in [1.807, 2.05) is 6.07 Å². The highest BCUT2D eigenvalue weighted by molar-refractivity contribution is 5.64. The maximum absolute atomic E-state index is 11.1. The summed E-state index contributed by atoms with van der Waals surface area (Å²) in [5.41, 5.74) is 6.51. The number of amides is 1. The van der Waals surface area contributed by atoms with Gasteiger partial charge in [0.2, 0.25) is 0 Å². The number of carbonyl (C=O) groups is 1. The zero-order valence-corrected chi connectivity index (χ0v) is 12.5. The Balaban J connectivity index is 2.14. The van der Waals surface area contributed by atoms with Crippen LogP contribution in [0.3, 0.4) is 0 Å². The zero-order chi connectivity index (χ0) is 14.8. The Kier molecular flexibility index (Phi) is 4.33. The highest BCUT2D eigenvalue weighted by Gasteiger charge is 2.43. The van der Waals surface area contributed by atoms with Gasteiger partial charge in [-0.3, -0.25) is 4.90 Å². The molecule has 20 heavy (non-hydrogen) atoms. The number of hydrogen-bond donors (Lipinski definition) is 1. The van der Waals surface area contributed by atoms with Crippen LogP contribution in [0.15, 0.2) is 30.3 Å². The number of carbonyl (C=O) groups excluding carboxylic acids is 1. The Bertz CT molecular complexity index is 453. The predicted octanol–water partition coefficient (Wildman–Crippen LogP) is 2.77. The predicted molar refractivity (Wildman–Crippen MR) is 79.2 cm³/mol. The average Bonchev–Trinajstić information content (AvgIpc) is 2.72. The van der Waals surface area contributed by atoms with Crippen molar-refractivity contribution in [3.8, 4) is 0 Å². The maximum atomic E-state index is 11.1. The molecule has 1 heterocycles. The van der Waals surface area contributed by atoms with Gasteiger partial charge in [-0.05, 0) is 17.4 Å². The first-order valence-electron chi connectivity index (χ1n) is 7.12. The number of hydrogen-bond acceptors (Lipinski definition) is 3. The van der Waals surface area contributed by atoms with Gasteiger partial charge in [0.15, 0.2) is 0 Å². The molecule has 4 nitrogen and oxygen atoms in total. The summed E-state index contributed by atoms with van der Waals surface area (Å²) >= 11 is 0. The van der Waals surface area contributed by atoms with Gasteiger partial charge in [0.05, 0.1) is 6.04 Å². The third-order valence-electron chi connectivity index (χ3n) is 3.83. The normalized spacial score (nSPS) is 23.8. The molecule has 2 atom stereocenters. The average molecular weight is 276 g/mol. The minimum absolute atomic E-state index is 0.0331. The summed E-state index contributed by atoms with van der Waals surface area (Å²) < 4.78 is 5.32. The van der Waals surface area contributed by atoms with Crippen LogP contribution in [0.5, 0.6) is 0 Å². The molecule has 0 saturated carbocycles. The second-order valence-corrected chi connectivity index (χ2v) is 6.53. The van der Waals surface area contributed by atoms with E-state index in [2.05, 4.69) is 49.9 Å². The van der Waals surface area contributed by atoms with Crippen LogP contribution in [0.1, 0.15) is 32.8 Å². The summed E-state index contributed by atoms with van der Waals surface area (Å²) in [5, 5.41) is 0. The number of ether oxygens (including phenoxy) is 1. The Hall–Kier alpha value is -1.55. The summed E-state index contributed by atoms with van der Waals surface area (Å²) in [4.78, 5) is 13.5. The number of nitrogens with two attached hydrogens (primary N) is 1. The second kappa shape index (κ2) is 5.83. The van der Waals surface area contributed by atoms with Gasteiger partial charge in [0.1, 0.15) is 6.10 Å². The molecule has 0 radical (unpaired) electrons. The first-order valence-corrected chi connectivity index (χ1v) is 7.12. The summed E-state index contributed by atoms with van der Waals surface area (Å²) in [6.07, 6.45) is 0.0552. The summed E-state index contributed by atoms with van der Waals surface area (Å²) in [7, 11) is 0. The van der Waals surface area contributed by atoms with E-state index < -0.39 is 6.09 Å². The molecule has 0 spiro atoms. The molecule has 2 rings (SSSR count). The minimum atomic E-state index is -0.675. The molecule has 2 unspecified atom stereocenters. The van der Waals surface area contributed by atoms with Gasteiger partial charge in [-0.15, -0.1) is 0 Å². The van der Waals surface area contributed by atoms with Crippen molar-refractivity contribution >= 4 is 6.09 Å². The van der Waals surface area contributed by atoms with Gasteiger partial charge in [-0.25, -0.2) is 4.79 Å². The first kappa shape index (κ1) is 14.9. The van der Waals surface area contributed by atoms with Crippen molar-refractivity contribution in [2.24, 2.45) is 11.1 Å². The zero-order valence-electron chi connectivity index (χ0n) is 12.5. The van der Waals surface area contributed by atoms with Crippen molar-refractivity contribution in [1.29, 1.82) is 0 Å². The van der Waals surface area contributed by atoms with Crippen LogP contribution < -0.4 is 5.73 Å². The molecule has 1 fully saturated rings. The van der Waals surface area contributed by atoms with Gasteiger partial charge < -0.3 is 10.5 Å². The van der Waals surface area contributed by atoms with Gasteiger partial charge in [-0.2, -0.15) is 0 Å². The lowest BCUT2D eigenvalue weighted by molar-refractivity contribution is 0.0282. The SMILES string of the molecule is CC(C)(C)C1C(OC(N)=O)CCN1Cc1ccccc1. The number of benzene rings is 1. The first-order chi connectivity index (χ1) is 9.38. The maximum Gasteiger partial charge on any atom is 0.404 e. The molecule has 0 aliphatic carbocycles. The van der Waals surface area contributed by atoms with Gasteiger partial charge in [0.25, 0.3) is 0 Å². The van der Waals surface area contributed by atoms with E-state index in [4.69, 9.17) is 10.5 Å². The summed E-state index contributed by atoms with van der Waals surface area (Å²) in [6.45, 7) is 8.34. The Labute approximate surface area is 120 Å². The molecule has 1 aliphatic rings. The fourth-order valence-corrected chi connectivity index (χ4v) is 3.20. The smallest absolute Gasteiger partial charge is 0.404 e. The van der Waals surface area contributed by atoms with Crippen LogP contribution in [0.25, 0.3) is 0 Å². The van der Waals surface area contributed by atoms with Gasteiger partial charge >= 0.3 is 6.09 Å². The molecule has 1 aliphatic heterocycles. The minimum Gasteiger partial charge on any atom is -0.445 e. The van der Waals surface area contributed by atoms with E-state index in [-0.39, 0.29) is 17.6 Å². The number of likely N-dealkylation sites (tertiary alicyclic amines) is 1. The van der Waals surface area contributed by atoms with E-state index in [9.17, 15) is 4.79 Å². The number of primary amides is 1. The number of nitrogens with zero attached hydrogens (tertiary/aromatic N) is 1. The standard InChI is InChI=1S/C16H24N2O2/c1-16(2,3)14-13(20-15(17)19)9-10-18(14)11-12-7-5-4-6-8-12/h4-8,13-14H,9-11H2,1-3H3,(H2,17,19). The topological polar surface area (TPSA) is 55.6 Å². The van der Waals surface area contributed by atoms with Crippen molar-refractivity contribution in [3.05, 3.63) is 35.9 Å². The molecular weight excluding hydrogens is 252 g/mol. The largest absolute Gasteiger partial charge is 0.445 e. The van der Waals surface area contributed by atoms with Crippen LogP contribution in [0, 0.1) is 5.41 Å². The van der Waals surface area contributed by atoms with Crippen LogP contribution in [-0.4, -0.2) is 29.7 Å². The van der Waals surface area contributed by atoms with Crippen LogP contribution in [-0.2, 0) is 11.3 Å². The highest BCUT2D eigenvalue weighted by atomic mass is 16.6. The summed E-state index contributed by atoms with van der Waals surface area (Å²) in [6, 6.07) is 10.6. The van der Waals surface area contributed by atoms with E-state index in [0.29, 0.717) is 0 Å². The fraction of sp³-hybridized carbons (Fsp3) is 0.562. The lowest BCUT2D eigenvalue weighted by Crippen LogP contribution is -2.46. The lowest BCUT2D eigenvalue weighted by atomic mass is 9.83. The van der Waals surface area contributed by atoms with Crippen molar-refractivity contribution in [2.45, 2.75) is 45.9 Å². The monoisotopic (exact) mass is 276 g/mol. The molecule has 4 heteroatoms. The molecule has 1 aromatic rings. The van der Waals surface area contributed by atoms with Crippen LogP contribution >= 0.6 is 0 Å². The van der Waals surface area contributed by atoms with E-state index in [0.717, 1.165) is 19.5 Å². The van der Waals surface area contributed by atoms with Crippen LogP contribution in [0.4, 0.5) is 4.79 Å². The third kappa shape index (κ3) is 3.51. The lowest BCUT2D eigenvalue weighted by Gasteiger charge is -2.37. The highest BCUT2D eigenvalue weighted by Crippen LogP contribution is 2.35. The Morgan fingerprint density at radius 3 is 2.55 bits per heavy atom. The van der Waals surface area contributed by atoms with Crippen LogP contribution in [0.2, 0.25) is 0 Å². The van der Waals surface area contributed by atoms with Gasteiger partial charge in [0, 0.05) is 13.1 Å². The molecule has 1 amide bonds. The second-order valence-electron chi connectivity index (χ2n) is 6.53. The van der Waals surface area contributed by atoms with E-state index >= 15 is 0 Å². The van der Waals surface area contributed by atoms with Crippen molar-refractivity contribution in [1.82, 2.24) is 4.90 Å². The molecule has 2 N–H and O–H groups in total. The Morgan fingerprint density at radius 1 is 1.35 bits per heavy atom. The Morgan fingerprint density at radius 2 is 2.00 bits per heavy atom. The van der Waals surface area contributed by atoms with E-state index in [1.54, 1.807) is 0 Å². The molecular formula is C16H24N2O2. The quantitative estimate of drug-likeness (QED) is 0.923. The molecule has 110 valence electrons. The molecule has 0 bridgehead atoms. The molecule has 0 aromatic heterocycles. The van der Waals surface area contributed by atoms with Crippen molar-refractivity contribution < 1.29 is 9.53 Å². The van der Waals surface area contributed by atoms with Crippen molar-refractivity contribution in [2.75, 3.05) is 6.54 Å². The fourth-order valence-electron chi connectivity index (χ4n) is 3.20. The van der Waals surface area contributed by atoms with Crippen molar-refractivity contribution in [3.63, 3.8) is 0 Å². The molecule has 1 saturated heterocycles. The van der Waals surface area contributed by atoms with E-state index in [1.165, 1.54) is 5.56 Å². The third-order valence-corrected chi connectivity index (χ3v) is 3.83. The van der Waals surface area contributed by atoms with Gasteiger partial charge in [-0.1, -0.05) is 51.1 Å².